The van der Waals surface area contributed by atoms with Crippen LogP contribution in [0.15, 0.2) is 18.2 Å². The van der Waals surface area contributed by atoms with Crippen LogP contribution in [0.25, 0.3) is 0 Å². The van der Waals surface area contributed by atoms with Gasteiger partial charge >= 0.3 is 0 Å². The fourth-order valence-corrected chi connectivity index (χ4v) is 3.96. The van der Waals surface area contributed by atoms with Crippen molar-refractivity contribution in [2.45, 2.75) is 31.7 Å². The Balaban J connectivity index is 0.00000176. The van der Waals surface area contributed by atoms with Gasteiger partial charge in [0.05, 0.1) is 7.11 Å². The van der Waals surface area contributed by atoms with Gasteiger partial charge in [0.25, 0.3) is 0 Å². The maximum atomic E-state index is 14.1. The van der Waals surface area contributed by atoms with E-state index in [4.69, 9.17) is 4.74 Å². The minimum atomic E-state index is -0.242. The van der Waals surface area contributed by atoms with Crippen molar-refractivity contribution in [1.29, 1.82) is 0 Å². The first-order valence-electron chi connectivity index (χ1n) is 8.08. The van der Waals surface area contributed by atoms with Gasteiger partial charge in [0.2, 0.25) is 0 Å². The largest absolute Gasteiger partial charge is 0.493 e. The predicted molar refractivity (Wildman–Crippen MR) is 89.3 cm³/mol. The molecule has 0 spiro atoms. The van der Waals surface area contributed by atoms with Gasteiger partial charge in [-0.05, 0) is 24.8 Å². The van der Waals surface area contributed by atoms with Crippen molar-refractivity contribution in [2.75, 3.05) is 33.3 Å². The molecule has 1 saturated heterocycles. The number of halogens is 2. The molecule has 1 aromatic rings. The summed E-state index contributed by atoms with van der Waals surface area (Å²) in [6.45, 7) is 4.09. The molecule has 3 nitrogen and oxygen atoms in total. The van der Waals surface area contributed by atoms with E-state index < -0.39 is 0 Å². The average molecular weight is 329 g/mol. The minimum absolute atomic E-state index is 0. The van der Waals surface area contributed by atoms with Gasteiger partial charge in [-0.2, -0.15) is 0 Å². The Morgan fingerprint density at radius 1 is 1.23 bits per heavy atom. The standard InChI is InChI=1S/C17H25FN2O.ClH/c1-21-17-14(7-4-8-15(17)18)16(13-5-2-3-6-13)20-11-9-19-10-12-20;/h4,7-8,13,16,19H,2-3,5-6,9-12H2,1H3;1H/t16-;/m1./s1. The first-order chi connectivity index (χ1) is 10.3. The maximum Gasteiger partial charge on any atom is 0.165 e. The van der Waals surface area contributed by atoms with E-state index in [1.165, 1.54) is 31.7 Å². The third-order valence-electron chi connectivity index (χ3n) is 4.91. The van der Waals surface area contributed by atoms with Crippen LogP contribution in [0.1, 0.15) is 37.3 Å². The highest BCUT2D eigenvalue weighted by Gasteiger charge is 2.34. The van der Waals surface area contributed by atoms with Gasteiger partial charge in [0.1, 0.15) is 0 Å². The Hall–Kier alpha value is -0.840. The normalized spacial score (nSPS) is 21.4. The van der Waals surface area contributed by atoms with E-state index >= 15 is 0 Å². The molecule has 3 rings (SSSR count). The van der Waals surface area contributed by atoms with Gasteiger partial charge in [-0.15, -0.1) is 12.4 Å². The summed E-state index contributed by atoms with van der Waals surface area (Å²) < 4.78 is 19.5. The summed E-state index contributed by atoms with van der Waals surface area (Å²) in [4.78, 5) is 2.52. The van der Waals surface area contributed by atoms with Gasteiger partial charge in [0, 0.05) is 37.8 Å². The van der Waals surface area contributed by atoms with E-state index in [1.807, 2.05) is 12.1 Å². The lowest BCUT2D eigenvalue weighted by molar-refractivity contribution is 0.122. The van der Waals surface area contributed by atoms with E-state index in [2.05, 4.69) is 10.2 Å². The molecule has 2 fully saturated rings. The molecule has 1 atom stereocenters. The van der Waals surface area contributed by atoms with Crippen LogP contribution < -0.4 is 10.1 Å². The Morgan fingerprint density at radius 3 is 2.55 bits per heavy atom. The number of nitrogens with zero attached hydrogens (tertiary/aromatic N) is 1. The van der Waals surface area contributed by atoms with Crippen LogP contribution >= 0.6 is 12.4 Å². The van der Waals surface area contributed by atoms with Crippen LogP contribution in [0.4, 0.5) is 4.39 Å². The Bertz CT molecular complexity index is 474. The van der Waals surface area contributed by atoms with Crippen molar-refractivity contribution in [3.63, 3.8) is 0 Å². The molecule has 0 bridgehead atoms. The maximum absolute atomic E-state index is 14.1. The fraction of sp³-hybridized carbons (Fsp3) is 0.647. The summed E-state index contributed by atoms with van der Waals surface area (Å²) in [7, 11) is 1.57. The molecule has 1 aliphatic heterocycles. The molecule has 1 aliphatic carbocycles. The zero-order chi connectivity index (χ0) is 14.7. The van der Waals surface area contributed by atoms with Crippen molar-refractivity contribution in [2.24, 2.45) is 5.92 Å². The van der Waals surface area contributed by atoms with Gasteiger partial charge in [-0.25, -0.2) is 4.39 Å². The molecule has 0 unspecified atom stereocenters. The van der Waals surface area contributed by atoms with E-state index in [0.29, 0.717) is 17.7 Å². The van der Waals surface area contributed by atoms with Crippen LogP contribution in [-0.2, 0) is 0 Å². The highest BCUT2D eigenvalue weighted by atomic mass is 35.5. The second-order valence-electron chi connectivity index (χ2n) is 6.14. The van der Waals surface area contributed by atoms with Gasteiger partial charge in [0.15, 0.2) is 11.6 Å². The van der Waals surface area contributed by atoms with Crippen molar-refractivity contribution in [3.05, 3.63) is 29.6 Å². The zero-order valence-corrected chi connectivity index (χ0v) is 14.0. The number of nitrogens with one attached hydrogen (secondary N) is 1. The van der Waals surface area contributed by atoms with Crippen LogP contribution in [-0.4, -0.2) is 38.2 Å². The molecule has 2 aliphatic rings. The summed E-state index contributed by atoms with van der Waals surface area (Å²) in [5.41, 5.74) is 1.03. The molecule has 22 heavy (non-hydrogen) atoms. The number of rotatable bonds is 4. The number of benzene rings is 1. The smallest absolute Gasteiger partial charge is 0.165 e. The molecule has 5 heteroatoms. The lowest BCUT2D eigenvalue weighted by atomic mass is 9.89. The van der Waals surface area contributed by atoms with E-state index in [9.17, 15) is 4.39 Å². The molecule has 124 valence electrons. The number of para-hydroxylation sites is 1. The lowest BCUT2D eigenvalue weighted by Gasteiger charge is -2.39. The molecular formula is C17H26ClFN2O. The van der Waals surface area contributed by atoms with E-state index in [-0.39, 0.29) is 18.2 Å². The predicted octanol–water partition coefficient (Wildman–Crippen LogP) is 3.39. The van der Waals surface area contributed by atoms with Crippen LogP contribution in [0, 0.1) is 11.7 Å². The second kappa shape index (κ2) is 8.14. The number of ether oxygens (including phenoxy) is 1. The topological polar surface area (TPSA) is 24.5 Å². The van der Waals surface area contributed by atoms with Gasteiger partial charge in [-0.3, -0.25) is 4.90 Å². The highest BCUT2D eigenvalue weighted by Crippen LogP contribution is 2.43. The summed E-state index contributed by atoms with van der Waals surface area (Å²) in [5, 5.41) is 3.40. The monoisotopic (exact) mass is 328 g/mol. The molecule has 1 heterocycles. The molecule has 1 saturated carbocycles. The summed E-state index contributed by atoms with van der Waals surface area (Å²) in [5.74, 6) is 0.819. The zero-order valence-electron chi connectivity index (χ0n) is 13.2. The van der Waals surface area contributed by atoms with E-state index in [1.54, 1.807) is 7.11 Å². The Morgan fingerprint density at radius 2 is 1.91 bits per heavy atom. The van der Waals surface area contributed by atoms with Crippen LogP contribution in [0.5, 0.6) is 5.75 Å². The van der Waals surface area contributed by atoms with Crippen molar-refractivity contribution in [3.8, 4) is 5.75 Å². The first kappa shape index (κ1) is 17.5. The van der Waals surface area contributed by atoms with Crippen molar-refractivity contribution >= 4 is 12.4 Å². The molecule has 1 N–H and O–H groups in total. The van der Waals surface area contributed by atoms with Gasteiger partial charge in [-0.1, -0.05) is 25.0 Å². The third kappa shape index (κ3) is 3.55. The third-order valence-corrected chi connectivity index (χ3v) is 4.91. The quantitative estimate of drug-likeness (QED) is 0.917. The summed E-state index contributed by atoms with van der Waals surface area (Å²) in [6, 6.07) is 5.65. The number of hydrogen-bond donors (Lipinski definition) is 1. The molecular weight excluding hydrogens is 303 g/mol. The Labute approximate surface area is 138 Å². The molecule has 0 amide bonds. The van der Waals surface area contributed by atoms with Gasteiger partial charge < -0.3 is 10.1 Å². The number of hydrogen-bond acceptors (Lipinski definition) is 3. The summed E-state index contributed by atoms with van der Waals surface area (Å²) in [6.07, 6.45) is 5.08. The number of methoxy groups -OCH3 is 1. The average Bonchev–Trinajstić information content (AvgIpc) is 3.03. The first-order valence-corrected chi connectivity index (χ1v) is 8.08. The van der Waals surface area contributed by atoms with Crippen molar-refractivity contribution in [1.82, 2.24) is 10.2 Å². The fourth-order valence-electron chi connectivity index (χ4n) is 3.96. The van der Waals surface area contributed by atoms with Crippen molar-refractivity contribution < 1.29 is 9.13 Å². The second-order valence-corrected chi connectivity index (χ2v) is 6.14. The SMILES string of the molecule is COc1c(F)cccc1[C@@H](C1CCCC1)N1CCNCC1.Cl. The Kier molecular flexibility index (Phi) is 6.48. The molecule has 1 aromatic carbocycles. The lowest BCUT2D eigenvalue weighted by Crippen LogP contribution is -2.46. The number of piperazine rings is 1. The minimum Gasteiger partial charge on any atom is -0.493 e. The highest BCUT2D eigenvalue weighted by molar-refractivity contribution is 5.85. The molecule has 0 aromatic heterocycles. The van der Waals surface area contributed by atoms with E-state index in [0.717, 1.165) is 31.7 Å². The van der Waals surface area contributed by atoms with Crippen LogP contribution in [0.3, 0.4) is 0 Å². The van der Waals surface area contributed by atoms with Crippen LogP contribution in [0.2, 0.25) is 0 Å². The molecule has 0 radical (unpaired) electrons. The summed E-state index contributed by atoms with van der Waals surface area (Å²) >= 11 is 0.